The van der Waals surface area contributed by atoms with Crippen LogP contribution in [0.1, 0.15) is 188 Å². The minimum absolute atomic E-state index is 0.0820. The van der Waals surface area contributed by atoms with Gasteiger partial charge >= 0.3 is 17.9 Å². The number of esters is 3. The first-order chi connectivity index (χ1) is 31.0. The van der Waals surface area contributed by atoms with Gasteiger partial charge in [0.05, 0.1) is 6.42 Å². The fourth-order valence-electron chi connectivity index (χ4n) is 6.07. The lowest BCUT2D eigenvalue weighted by Gasteiger charge is -2.18. The van der Waals surface area contributed by atoms with Crippen molar-refractivity contribution in [2.45, 2.75) is 194 Å². The average Bonchev–Trinajstić information content (AvgIpc) is 3.28. The number of rotatable bonds is 42. The van der Waals surface area contributed by atoms with Crippen LogP contribution >= 0.6 is 0 Å². The Morgan fingerprint density at radius 2 is 0.619 bits per heavy atom. The van der Waals surface area contributed by atoms with Crippen molar-refractivity contribution in [3.05, 3.63) is 134 Å². The number of hydrogen-bond acceptors (Lipinski definition) is 6. The zero-order chi connectivity index (χ0) is 45.8. The van der Waals surface area contributed by atoms with Gasteiger partial charge in [-0.05, 0) is 109 Å². The van der Waals surface area contributed by atoms with E-state index in [1.54, 1.807) is 6.08 Å². The van der Waals surface area contributed by atoms with Gasteiger partial charge in [-0.3, -0.25) is 14.4 Å². The smallest absolute Gasteiger partial charge is 0.310 e. The van der Waals surface area contributed by atoms with Crippen LogP contribution in [0.4, 0.5) is 0 Å². The Bertz CT molecular complexity index is 1420. The molecule has 0 bridgehead atoms. The van der Waals surface area contributed by atoms with Crippen LogP contribution in [0.15, 0.2) is 134 Å². The number of carbonyl (C=O) groups excluding carboxylic acids is 3. The molecule has 1 unspecified atom stereocenters. The molecule has 352 valence electrons. The van der Waals surface area contributed by atoms with Crippen LogP contribution < -0.4 is 0 Å². The van der Waals surface area contributed by atoms with Gasteiger partial charge in [0, 0.05) is 12.8 Å². The maximum absolute atomic E-state index is 12.7. The van der Waals surface area contributed by atoms with Crippen molar-refractivity contribution in [3.63, 3.8) is 0 Å². The zero-order valence-electron chi connectivity index (χ0n) is 40.0. The maximum atomic E-state index is 12.7. The van der Waals surface area contributed by atoms with Gasteiger partial charge in [0.15, 0.2) is 6.10 Å². The molecule has 1 atom stereocenters. The summed E-state index contributed by atoms with van der Waals surface area (Å²) in [5.41, 5.74) is 0. The van der Waals surface area contributed by atoms with Crippen molar-refractivity contribution in [2.24, 2.45) is 0 Å². The highest BCUT2D eigenvalue weighted by Crippen LogP contribution is 2.12. The summed E-state index contributed by atoms with van der Waals surface area (Å²) in [6, 6.07) is 0. The molecule has 63 heavy (non-hydrogen) atoms. The summed E-state index contributed by atoms with van der Waals surface area (Å²) < 4.78 is 16.6. The molecule has 0 aromatic carbocycles. The van der Waals surface area contributed by atoms with E-state index in [1.165, 1.54) is 25.7 Å². The normalized spacial score (nSPS) is 13.3. The van der Waals surface area contributed by atoms with Gasteiger partial charge in [0.2, 0.25) is 0 Å². The van der Waals surface area contributed by atoms with Gasteiger partial charge in [-0.2, -0.15) is 0 Å². The molecule has 0 aromatic rings. The third kappa shape index (κ3) is 48.4. The Morgan fingerprint density at radius 3 is 0.984 bits per heavy atom. The Morgan fingerprint density at radius 1 is 0.333 bits per heavy atom. The number of unbranched alkanes of at least 4 members (excludes halogenated alkanes) is 10. The zero-order valence-corrected chi connectivity index (χ0v) is 40.0. The van der Waals surface area contributed by atoms with Crippen LogP contribution in [0.5, 0.6) is 0 Å². The van der Waals surface area contributed by atoms with Crippen molar-refractivity contribution in [1.82, 2.24) is 0 Å². The van der Waals surface area contributed by atoms with Gasteiger partial charge < -0.3 is 14.2 Å². The molecule has 0 aromatic heterocycles. The quantitative estimate of drug-likeness (QED) is 0.0263. The second kappa shape index (κ2) is 50.2. The first kappa shape index (κ1) is 58.6. The highest BCUT2D eigenvalue weighted by molar-refractivity contribution is 5.72. The van der Waals surface area contributed by atoms with Crippen LogP contribution in [-0.2, 0) is 28.6 Å². The Kier molecular flexibility index (Phi) is 46.7. The van der Waals surface area contributed by atoms with Gasteiger partial charge in [0.1, 0.15) is 13.2 Å². The molecule has 0 N–H and O–H groups in total. The van der Waals surface area contributed by atoms with Crippen LogP contribution in [0.3, 0.4) is 0 Å². The molecule has 0 amide bonds. The molecule has 0 rings (SSSR count). The second-order valence-electron chi connectivity index (χ2n) is 15.6. The summed E-state index contributed by atoms with van der Waals surface area (Å²) in [4.78, 5) is 37.9. The maximum Gasteiger partial charge on any atom is 0.310 e. The second-order valence-corrected chi connectivity index (χ2v) is 15.6. The molecule has 0 radical (unpaired) electrons. The van der Waals surface area contributed by atoms with E-state index in [1.807, 2.05) is 6.08 Å². The average molecular weight is 869 g/mol. The minimum Gasteiger partial charge on any atom is -0.462 e. The Labute approximate surface area is 385 Å². The topological polar surface area (TPSA) is 78.9 Å². The van der Waals surface area contributed by atoms with Gasteiger partial charge in [-0.15, -0.1) is 0 Å². The predicted molar refractivity (Wildman–Crippen MR) is 269 cm³/mol. The fraction of sp³-hybridized carbons (Fsp3) is 0.561. The molecule has 0 saturated carbocycles. The molecule has 6 heteroatoms. The molecular weight excluding hydrogens is 781 g/mol. The summed E-state index contributed by atoms with van der Waals surface area (Å²) in [6.45, 7) is 6.15. The summed E-state index contributed by atoms with van der Waals surface area (Å²) in [7, 11) is 0. The molecule has 0 aliphatic carbocycles. The van der Waals surface area contributed by atoms with E-state index in [2.05, 4.69) is 142 Å². The van der Waals surface area contributed by atoms with E-state index in [0.717, 1.165) is 116 Å². The van der Waals surface area contributed by atoms with Crippen molar-refractivity contribution >= 4 is 17.9 Å². The number of ether oxygens (including phenoxy) is 3. The fourth-order valence-corrected chi connectivity index (χ4v) is 6.07. The van der Waals surface area contributed by atoms with Gasteiger partial charge in [-0.25, -0.2) is 0 Å². The van der Waals surface area contributed by atoms with Crippen LogP contribution in [0.25, 0.3) is 0 Å². The lowest BCUT2D eigenvalue weighted by molar-refractivity contribution is -0.166. The summed E-state index contributed by atoms with van der Waals surface area (Å²) in [6.07, 6.45) is 70.3. The number of allylic oxidation sites excluding steroid dienone is 21. The Balaban J connectivity index is 4.58. The highest BCUT2D eigenvalue weighted by Gasteiger charge is 2.19. The van der Waals surface area contributed by atoms with E-state index in [0.29, 0.717) is 19.3 Å². The molecule has 0 spiro atoms. The van der Waals surface area contributed by atoms with Gasteiger partial charge in [-0.1, -0.05) is 193 Å². The van der Waals surface area contributed by atoms with E-state index in [9.17, 15) is 14.4 Å². The molecule has 0 aliphatic heterocycles. The Hall–Kier alpha value is -4.45. The lowest BCUT2D eigenvalue weighted by atomic mass is 10.1. The van der Waals surface area contributed by atoms with E-state index in [4.69, 9.17) is 14.2 Å². The molecule has 0 aliphatic rings. The standard InChI is InChI=1S/C57H88O6/c1-4-7-10-13-16-19-22-25-27-28-30-32-35-38-41-44-47-50-56(59)62-53-54(52-61-55(58)49-46-43-40-37-34-31-24-21-18-15-12-9-6-3)63-57(60)51-48-45-42-39-36-33-29-26-23-20-17-14-11-8-5-2/h7-12,16-21,25-27,29,31,34,36,39,45,48,54H,4-6,13-15,22-24,28,30,32-33,35,37-38,40-44,46-47,49-53H2,1-3H3/b10-7-,11-8-,12-9-,19-16-,20-17-,21-18-,27-25-,29-26-,34-31-,39-36-,48-45-. The molecule has 0 fully saturated rings. The number of hydrogen-bond donors (Lipinski definition) is 0. The molecular formula is C57H88O6. The first-order valence-electron chi connectivity index (χ1n) is 24.7. The lowest BCUT2D eigenvalue weighted by Crippen LogP contribution is -2.30. The summed E-state index contributed by atoms with van der Waals surface area (Å²) >= 11 is 0. The van der Waals surface area contributed by atoms with Crippen molar-refractivity contribution < 1.29 is 28.6 Å². The van der Waals surface area contributed by atoms with Crippen molar-refractivity contribution in [2.75, 3.05) is 13.2 Å². The highest BCUT2D eigenvalue weighted by atomic mass is 16.6. The van der Waals surface area contributed by atoms with Crippen LogP contribution in [-0.4, -0.2) is 37.2 Å². The van der Waals surface area contributed by atoms with E-state index in [-0.39, 0.29) is 31.6 Å². The molecule has 0 saturated heterocycles. The van der Waals surface area contributed by atoms with E-state index >= 15 is 0 Å². The molecule has 6 nitrogen and oxygen atoms in total. The van der Waals surface area contributed by atoms with Crippen molar-refractivity contribution in [3.8, 4) is 0 Å². The van der Waals surface area contributed by atoms with Crippen LogP contribution in [0, 0.1) is 0 Å². The predicted octanol–water partition coefficient (Wildman–Crippen LogP) is 16.3. The van der Waals surface area contributed by atoms with E-state index < -0.39 is 12.1 Å². The largest absolute Gasteiger partial charge is 0.462 e. The monoisotopic (exact) mass is 869 g/mol. The first-order valence-corrected chi connectivity index (χ1v) is 24.7. The SMILES string of the molecule is CC/C=C\C/C=C\C/C=C\C/C=C\C/C=C\CC(=O)OC(COC(=O)CCCCC/C=C\C/C=C\C/C=C\CC)COC(=O)CCCCCCCCC/C=C\C/C=C\C/C=C\CC. The third-order valence-electron chi connectivity index (χ3n) is 9.66. The van der Waals surface area contributed by atoms with Crippen LogP contribution in [0.2, 0.25) is 0 Å². The molecule has 0 heterocycles. The third-order valence-corrected chi connectivity index (χ3v) is 9.66. The summed E-state index contributed by atoms with van der Waals surface area (Å²) in [5, 5.41) is 0. The van der Waals surface area contributed by atoms with Gasteiger partial charge in [0.25, 0.3) is 0 Å². The minimum atomic E-state index is -0.853. The van der Waals surface area contributed by atoms with Crippen molar-refractivity contribution in [1.29, 1.82) is 0 Å². The number of carbonyl (C=O) groups is 3. The summed E-state index contributed by atoms with van der Waals surface area (Å²) in [5.74, 6) is -1.12.